The Hall–Kier alpha value is -11.3. The van der Waals surface area contributed by atoms with Crippen molar-refractivity contribution < 1.29 is 13.3 Å². The van der Waals surface area contributed by atoms with E-state index in [9.17, 15) is 0 Å². The van der Waals surface area contributed by atoms with Gasteiger partial charge < -0.3 is 13.3 Å². The number of thiophene rings is 1. The Balaban J connectivity index is 0.721. The second-order valence-corrected chi connectivity index (χ2v) is 24.7. The zero-order chi connectivity index (χ0) is 58.6. The highest BCUT2D eigenvalue weighted by Crippen LogP contribution is 2.51. The van der Waals surface area contributed by atoms with Crippen LogP contribution in [0, 0.1) is 0 Å². The topological polar surface area (TPSA) is 39.4 Å². The van der Waals surface area contributed by atoms with E-state index < -0.39 is 0 Å². The molecule has 19 aromatic rings. The maximum absolute atomic E-state index is 6.85. The van der Waals surface area contributed by atoms with Crippen molar-refractivity contribution in [3.8, 4) is 55.6 Å². The van der Waals surface area contributed by atoms with Crippen LogP contribution in [0.5, 0.6) is 0 Å². The molecular formula is C85H50O3S. The molecule has 0 radical (unpaired) electrons. The van der Waals surface area contributed by atoms with E-state index in [2.05, 4.69) is 261 Å². The van der Waals surface area contributed by atoms with Gasteiger partial charge in [0.15, 0.2) is 0 Å². The smallest absolute Gasteiger partial charge is 0.136 e. The first-order valence-corrected chi connectivity index (χ1v) is 31.2. The lowest BCUT2D eigenvalue weighted by Crippen LogP contribution is -1.91. The minimum atomic E-state index is 0.870. The Labute approximate surface area is 514 Å². The summed E-state index contributed by atoms with van der Waals surface area (Å²) in [5.41, 5.74) is 19.5. The Morgan fingerprint density at radius 3 is 1.28 bits per heavy atom. The molecule has 0 N–H and O–H groups in total. The lowest BCUT2D eigenvalue weighted by atomic mass is 9.85. The molecule has 0 amide bonds. The molecule has 0 atom stereocenters. The van der Waals surface area contributed by atoms with Crippen LogP contribution in [0.2, 0.25) is 0 Å². The first kappa shape index (κ1) is 49.9. The maximum atomic E-state index is 6.85. The van der Waals surface area contributed by atoms with E-state index in [1.165, 1.54) is 113 Å². The minimum Gasteiger partial charge on any atom is -0.456 e. The number of allylic oxidation sites excluding steroid dienone is 1. The van der Waals surface area contributed by atoms with Crippen molar-refractivity contribution in [2.75, 3.05) is 0 Å². The highest BCUT2D eigenvalue weighted by Gasteiger charge is 2.24. The third-order valence-corrected chi connectivity index (χ3v) is 20.1. The molecule has 0 spiro atoms. The van der Waals surface area contributed by atoms with Crippen LogP contribution < -0.4 is 0 Å². The Kier molecular flexibility index (Phi) is 10.7. The van der Waals surface area contributed by atoms with E-state index in [4.69, 9.17) is 13.3 Å². The van der Waals surface area contributed by atoms with E-state index in [0.717, 1.165) is 93.5 Å². The van der Waals surface area contributed by atoms with E-state index in [0.29, 0.717) is 0 Å². The summed E-state index contributed by atoms with van der Waals surface area (Å²) in [6.45, 7) is 6.19. The summed E-state index contributed by atoms with van der Waals surface area (Å²) in [7, 11) is 0. The minimum absolute atomic E-state index is 0.870. The molecule has 0 saturated heterocycles. The molecule has 4 heteroatoms. The number of para-hydroxylation sites is 1. The Morgan fingerprint density at radius 1 is 0.292 bits per heavy atom. The van der Waals surface area contributed by atoms with Gasteiger partial charge in [0.25, 0.3) is 0 Å². The maximum Gasteiger partial charge on any atom is 0.136 e. The van der Waals surface area contributed by atoms with Gasteiger partial charge in [0.05, 0.1) is 0 Å². The summed E-state index contributed by atoms with van der Waals surface area (Å²) >= 11 is 1.88. The second kappa shape index (κ2) is 19.1. The number of benzene rings is 15. The molecule has 0 fully saturated rings. The van der Waals surface area contributed by atoms with Crippen molar-refractivity contribution in [1.29, 1.82) is 0 Å². The van der Waals surface area contributed by atoms with E-state index in [1.807, 2.05) is 36.5 Å². The molecule has 414 valence electrons. The molecule has 0 aliphatic carbocycles. The number of hydrogen-bond acceptors (Lipinski definition) is 4. The average molecular weight is 1150 g/mol. The zero-order valence-corrected chi connectivity index (χ0v) is 49.1. The van der Waals surface area contributed by atoms with Crippen LogP contribution in [-0.4, -0.2) is 0 Å². The van der Waals surface area contributed by atoms with Crippen LogP contribution in [0.4, 0.5) is 0 Å². The number of rotatable bonds is 7. The normalized spacial score (nSPS) is 12.3. The SMILES string of the molecule is C=Cc1cc2c(cc1/C=C\C)oc1ccc(-c3c4ccccc4c(-c4cccc5c4sc4ccc(-c6cccc7cc8c(cc67)oc6ccc(-c7c9ccccc9c(-c9ccc%10oc%11ccccc%11c%10c9)c9ccccc79)cc68)cc45)c4ccccc34)cc12. The van der Waals surface area contributed by atoms with Gasteiger partial charge in [0.2, 0.25) is 0 Å². The van der Waals surface area contributed by atoms with Gasteiger partial charge in [-0.25, -0.2) is 0 Å². The van der Waals surface area contributed by atoms with Crippen molar-refractivity contribution in [3.63, 3.8) is 0 Å². The summed E-state index contributed by atoms with van der Waals surface area (Å²) in [5, 5.41) is 21.2. The summed E-state index contributed by atoms with van der Waals surface area (Å²) in [4.78, 5) is 0. The number of fused-ring (bicyclic) bond motifs is 17. The summed E-state index contributed by atoms with van der Waals surface area (Å²) in [6.07, 6.45) is 6.10. The van der Waals surface area contributed by atoms with Crippen molar-refractivity contribution in [2.45, 2.75) is 6.92 Å². The van der Waals surface area contributed by atoms with Crippen LogP contribution in [0.3, 0.4) is 0 Å². The highest BCUT2D eigenvalue weighted by atomic mass is 32.1. The molecule has 0 aliphatic heterocycles. The molecular weight excluding hydrogens is 1100 g/mol. The summed E-state index contributed by atoms with van der Waals surface area (Å²) < 4.78 is 22.2. The fraction of sp³-hybridized carbons (Fsp3) is 0.0118. The fourth-order valence-corrected chi connectivity index (χ4v) is 16.2. The van der Waals surface area contributed by atoms with Gasteiger partial charge in [0.1, 0.15) is 33.5 Å². The van der Waals surface area contributed by atoms with Crippen molar-refractivity contribution in [1.82, 2.24) is 0 Å². The van der Waals surface area contributed by atoms with E-state index in [1.54, 1.807) is 0 Å². The molecule has 0 saturated carbocycles. The molecule has 15 aromatic carbocycles. The quantitative estimate of drug-likeness (QED) is 0.149. The Bertz CT molecular complexity index is 6220. The first-order valence-electron chi connectivity index (χ1n) is 30.4. The third kappa shape index (κ3) is 7.39. The molecule has 4 heterocycles. The second-order valence-electron chi connectivity index (χ2n) is 23.7. The van der Waals surface area contributed by atoms with Crippen LogP contribution in [-0.2, 0) is 0 Å². The van der Waals surface area contributed by atoms with Crippen LogP contribution >= 0.6 is 11.3 Å². The van der Waals surface area contributed by atoms with Crippen molar-refractivity contribution >= 4 is 163 Å². The predicted molar refractivity (Wildman–Crippen MR) is 381 cm³/mol. The summed E-state index contributed by atoms with van der Waals surface area (Å²) in [6, 6.07) is 93.7. The van der Waals surface area contributed by atoms with Crippen molar-refractivity contribution in [2.24, 2.45) is 0 Å². The summed E-state index contributed by atoms with van der Waals surface area (Å²) in [5.74, 6) is 0. The van der Waals surface area contributed by atoms with Gasteiger partial charge in [0, 0.05) is 58.1 Å². The number of furan rings is 3. The first-order chi connectivity index (χ1) is 44.0. The average Bonchev–Trinajstić information content (AvgIpc) is 1.70. The lowest BCUT2D eigenvalue weighted by molar-refractivity contribution is 0.668. The van der Waals surface area contributed by atoms with Gasteiger partial charge in [-0.1, -0.05) is 201 Å². The zero-order valence-electron chi connectivity index (χ0n) is 48.3. The molecule has 19 rings (SSSR count). The van der Waals surface area contributed by atoms with Gasteiger partial charge in [-0.05, 0) is 201 Å². The van der Waals surface area contributed by atoms with Crippen molar-refractivity contribution in [3.05, 3.63) is 279 Å². The van der Waals surface area contributed by atoms with Gasteiger partial charge in [-0.3, -0.25) is 0 Å². The monoisotopic (exact) mass is 1150 g/mol. The fourth-order valence-electron chi connectivity index (χ4n) is 15.0. The lowest BCUT2D eigenvalue weighted by Gasteiger charge is -2.18. The van der Waals surface area contributed by atoms with Crippen LogP contribution in [0.15, 0.2) is 281 Å². The molecule has 89 heavy (non-hydrogen) atoms. The molecule has 4 aromatic heterocycles. The molecule has 3 nitrogen and oxygen atoms in total. The standard InChI is InChI=1S/C85H50O3S/c1-3-17-49-46-78-71(40-48(49)4-2)69-44-54(33-37-76(69)87-78)83-61-24-9-11-26-63(61)84(64-27-12-10-25-62(64)83)66-30-16-29-65-73-42-51(35-39-80(73)89-85(65)66)55-28-15-18-50-41-72-70-45-53(34-38-77(70)88-79(72)47-67(50)55)82-59-22-7-5-20-57(59)81(58-21-6-8-23-60(58)82)52-32-36-75-68(43-52)56-19-13-14-31-74(56)86-75/h3-47H,2H2,1H3/b17-3-. The van der Waals surface area contributed by atoms with Gasteiger partial charge in [-0.2, -0.15) is 0 Å². The number of hydrogen-bond donors (Lipinski definition) is 0. The Morgan fingerprint density at radius 2 is 0.719 bits per heavy atom. The predicted octanol–water partition coefficient (Wildman–Crippen LogP) is 25.5. The van der Waals surface area contributed by atoms with E-state index in [-0.39, 0.29) is 0 Å². The molecule has 0 aliphatic rings. The highest BCUT2D eigenvalue weighted by molar-refractivity contribution is 7.26. The van der Waals surface area contributed by atoms with Gasteiger partial charge >= 0.3 is 0 Å². The van der Waals surface area contributed by atoms with Crippen LogP contribution in [0.25, 0.3) is 208 Å². The van der Waals surface area contributed by atoms with Gasteiger partial charge in [-0.15, -0.1) is 11.3 Å². The van der Waals surface area contributed by atoms with Crippen LogP contribution in [0.1, 0.15) is 18.1 Å². The third-order valence-electron chi connectivity index (χ3n) is 18.9. The molecule has 0 bridgehead atoms. The largest absolute Gasteiger partial charge is 0.456 e. The molecule has 0 unspecified atom stereocenters. The van der Waals surface area contributed by atoms with E-state index >= 15 is 0 Å².